The number of aliphatic hydroxyl groups is 1. The van der Waals surface area contributed by atoms with Crippen LogP contribution in [0.15, 0.2) is 12.7 Å². The Kier molecular flexibility index (Phi) is 2.79. The van der Waals surface area contributed by atoms with E-state index in [-0.39, 0.29) is 11.5 Å². The van der Waals surface area contributed by atoms with Crippen molar-refractivity contribution in [3.05, 3.63) is 12.7 Å². The van der Waals surface area contributed by atoms with Gasteiger partial charge in [0.25, 0.3) is 0 Å². The van der Waals surface area contributed by atoms with Crippen LogP contribution < -0.4 is 5.73 Å². The molecule has 0 unspecified atom stereocenters. The lowest BCUT2D eigenvalue weighted by Crippen LogP contribution is -2.26. The molecule has 3 heterocycles. The number of alkyl halides is 2. The maximum Gasteiger partial charge on any atom is 0.179 e. The Morgan fingerprint density at radius 3 is 2.79 bits per heavy atom. The zero-order valence-electron chi connectivity index (χ0n) is 9.65. The predicted octanol–water partition coefficient (Wildman–Crippen LogP) is -0.0256. The van der Waals surface area contributed by atoms with E-state index in [2.05, 4.69) is 15.0 Å². The molecule has 0 aromatic carbocycles. The van der Waals surface area contributed by atoms with Gasteiger partial charge in [0.05, 0.1) is 12.9 Å². The van der Waals surface area contributed by atoms with Crippen molar-refractivity contribution in [1.29, 1.82) is 0 Å². The van der Waals surface area contributed by atoms with Crippen LogP contribution >= 0.6 is 0 Å². The Balaban J connectivity index is 2.04. The normalized spacial score (nSPS) is 31.1. The van der Waals surface area contributed by atoms with Gasteiger partial charge < -0.3 is 15.6 Å². The summed E-state index contributed by atoms with van der Waals surface area (Å²) in [4.78, 5) is 11.6. The van der Waals surface area contributed by atoms with Crippen LogP contribution in [0.25, 0.3) is 11.2 Å². The number of aliphatic hydroxyl groups excluding tert-OH is 1. The zero-order valence-corrected chi connectivity index (χ0v) is 9.65. The highest BCUT2D eigenvalue weighted by molar-refractivity contribution is 5.81. The number of nitrogens with zero attached hydrogens (tertiary/aromatic N) is 4. The number of rotatable bonds is 2. The number of halogens is 2. The van der Waals surface area contributed by atoms with Gasteiger partial charge in [0.15, 0.2) is 30.0 Å². The van der Waals surface area contributed by atoms with Crippen molar-refractivity contribution in [3.63, 3.8) is 0 Å². The molecule has 2 aromatic heterocycles. The van der Waals surface area contributed by atoms with Gasteiger partial charge in [-0.2, -0.15) is 0 Å². The van der Waals surface area contributed by atoms with E-state index in [1.165, 1.54) is 17.2 Å². The van der Waals surface area contributed by atoms with Gasteiger partial charge in [0.1, 0.15) is 17.9 Å². The van der Waals surface area contributed by atoms with E-state index >= 15 is 0 Å². The summed E-state index contributed by atoms with van der Waals surface area (Å²) in [5.74, 6) is 0.146. The van der Waals surface area contributed by atoms with Crippen molar-refractivity contribution in [1.82, 2.24) is 19.5 Å². The monoisotopic (exact) mass is 271 g/mol. The van der Waals surface area contributed by atoms with E-state index in [9.17, 15) is 8.78 Å². The fraction of sp³-hybridized carbons (Fsp3) is 0.500. The molecule has 4 atom stereocenters. The van der Waals surface area contributed by atoms with Gasteiger partial charge in [-0.05, 0) is 0 Å². The number of hydrogen-bond donors (Lipinski definition) is 2. The molecule has 3 N–H and O–H groups in total. The number of fused-ring (bicyclic) bond motifs is 1. The Labute approximate surface area is 106 Å². The van der Waals surface area contributed by atoms with Gasteiger partial charge in [0, 0.05) is 0 Å². The van der Waals surface area contributed by atoms with E-state index in [0.717, 1.165) is 0 Å². The molecule has 2 aromatic rings. The summed E-state index contributed by atoms with van der Waals surface area (Å²) in [5, 5.41) is 8.92. The summed E-state index contributed by atoms with van der Waals surface area (Å²) in [6.45, 7) is -0.595. The largest absolute Gasteiger partial charge is 0.394 e. The van der Waals surface area contributed by atoms with Gasteiger partial charge >= 0.3 is 0 Å². The number of hydrogen-bond acceptors (Lipinski definition) is 6. The van der Waals surface area contributed by atoms with E-state index in [0.29, 0.717) is 5.52 Å². The second kappa shape index (κ2) is 4.35. The SMILES string of the molecule is Nc1ncnc2c1ncn2[C@H]1O[C@H](CO)[C@@H](F)[C@@H]1F. The molecular weight excluding hydrogens is 260 g/mol. The molecule has 0 amide bonds. The summed E-state index contributed by atoms with van der Waals surface area (Å²) < 4.78 is 33.8. The van der Waals surface area contributed by atoms with Gasteiger partial charge in [-0.3, -0.25) is 4.57 Å². The molecular formula is C10H11F2N5O2. The van der Waals surface area contributed by atoms with Gasteiger partial charge in [0.2, 0.25) is 0 Å². The van der Waals surface area contributed by atoms with Crippen molar-refractivity contribution in [3.8, 4) is 0 Å². The summed E-state index contributed by atoms with van der Waals surface area (Å²) in [6, 6.07) is 0. The minimum Gasteiger partial charge on any atom is -0.394 e. The second-order valence-electron chi connectivity index (χ2n) is 4.22. The van der Waals surface area contributed by atoms with Crippen molar-refractivity contribution < 1.29 is 18.6 Å². The summed E-state index contributed by atoms with van der Waals surface area (Å²) in [6.07, 6.45) is -3.77. The van der Waals surface area contributed by atoms with Crippen LogP contribution in [-0.2, 0) is 4.74 Å². The highest BCUT2D eigenvalue weighted by Gasteiger charge is 2.46. The molecule has 0 aliphatic carbocycles. The van der Waals surface area contributed by atoms with E-state index in [1.54, 1.807) is 0 Å². The lowest BCUT2D eigenvalue weighted by Gasteiger charge is -2.14. The van der Waals surface area contributed by atoms with Gasteiger partial charge in [-0.1, -0.05) is 0 Å². The molecule has 3 rings (SSSR count). The molecule has 0 radical (unpaired) electrons. The number of ether oxygens (including phenoxy) is 1. The van der Waals surface area contributed by atoms with Crippen molar-refractivity contribution in [2.24, 2.45) is 0 Å². The summed E-state index contributed by atoms with van der Waals surface area (Å²) in [5.41, 5.74) is 6.16. The zero-order chi connectivity index (χ0) is 13.6. The highest BCUT2D eigenvalue weighted by Crippen LogP contribution is 2.35. The number of nitrogens with two attached hydrogens (primary N) is 1. The second-order valence-corrected chi connectivity index (χ2v) is 4.22. The van der Waals surface area contributed by atoms with E-state index in [1.807, 2.05) is 0 Å². The minimum atomic E-state index is -1.91. The maximum absolute atomic E-state index is 13.9. The molecule has 1 aliphatic heterocycles. The fourth-order valence-electron chi connectivity index (χ4n) is 2.11. The standard InChI is InChI=1S/C10H11F2N5O2/c11-5-4(1-18)19-10(6(5)12)17-3-16-7-8(13)14-2-15-9(7)17/h2-6,10,18H,1H2,(H2,13,14,15)/t4-,5-,6+,10+/m1/s1. The van der Waals surface area contributed by atoms with Crippen LogP contribution in [-0.4, -0.2) is 49.7 Å². The molecule has 1 saturated heterocycles. The molecule has 1 aliphatic rings. The third kappa shape index (κ3) is 1.73. The van der Waals surface area contributed by atoms with Gasteiger partial charge in [-0.15, -0.1) is 0 Å². The average molecular weight is 271 g/mol. The average Bonchev–Trinajstić information content (AvgIpc) is 2.94. The molecule has 102 valence electrons. The molecule has 19 heavy (non-hydrogen) atoms. The Bertz CT molecular complexity index is 607. The number of imidazole rings is 1. The molecule has 1 fully saturated rings. The van der Waals surface area contributed by atoms with Crippen LogP contribution in [0.3, 0.4) is 0 Å². The predicted molar refractivity (Wildman–Crippen MR) is 60.5 cm³/mol. The third-order valence-corrected chi connectivity index (χ3v) is 3.09. The smallest absolute Gasteiger partial charge is 0.179 e. The lowest BCUT2D eigenvalue weighted by atomic mass is 10.2. The first kappa shape index (κ1) is 12.2. The van der Waals surface area contributed by atoms with Crippen LogP contribution in [0.5, 0.6) is 0 Å². The molecule has 0 spiro atoms. The number of nitrogen functional groups attached to an aromatic ring is 1. The van der Waals surface area contributed by atoms with Crippen LogP contribution in [0.4, 0.5) is 14.6 Å². The number of aromatic nitrogens is 4. The highest BCUT2D eigenvalue weighted by atomic mass is 19.2. The summed E-state index contributed by atoms with van der Waals surface area (Å²) >= 11 is 0. The Hall–Kier alpha value is -1.87. The first-order valence-corrected chi connectivity index (χ1v) is 5.61. The summed E-state index contributed by atoms with van der Waals surface area (Å²) in [7, 11) is 0. The maximum atomic E-state index is 13.9. The van der Waals surface area contributed by atoms with E-state index < -0.39 is 31.3 Å². The van der Waals surface area contributed by atoms with Crippen molar-refractivity contribution >= 4 is 17.0 Å². The molecule has 0 saturated carbocycles. The fourth-order valence-corrected chi connectivity index (χ4v) is 2.11. The molecule has 0 bridgehead atoms. The Morgan fingerprint density at radius 1 is 1.32 bits per heavy atom. The van der Waals surface area contributed by atoms with E-state index in [4.69, 9.17) is 15.6 Å². The Morgan fingerprint density at radius 2 is 2.11 bits per heavy atom. The molecule has 9 heteroatoms. The van der Waals surface area contributed by atoms with Crippen LogP contribution in [0.2, 0.25) is 0 Å². The number of anilines is 1. The minimum absolute atomic E-state index is 0.146. The third-order valence-electron chi connectivity index (χ3n) is 3.09. The first-order chi connectivity index (χ1) is 9.13. The lowest BCUT2D eigenvalue weighted by molar-refractivity contribution is -0.0398. The van der Waals surface area contributed by atoms with Crippen molar-refractivity contribution in [2.75, 3.05) is 12.3 Å². The van der Waals surface area contributed by atoms with Crippen molar-refractivity contribution in [2.45, 2.75) is 24.7 Å². The first-order valence-electron chi connectivity index (χ1n) is 5.61. The van der Waals surface area contributed by atoms with Crippen LogP contribution in [0, 0.1) is 0 Å². The van der Waals surface area contributed by atoms with Gasteiger partial charge in [-0.25, -0.2) is 23.7 Å². The molecule has 7 nitrogen and oxygen atoms in total. The van der Waals surface area contributed by atoms with Crippen LogP contribution in [0.1, 0.15) is 6.23 Å². The quantitative estimate of drug-likeness (QED) is 0.796. The topological polar surface area (TPSA) is 99.1 Å².